The molecule has 2 heterocycles. The zero-order valence-electron chi connectivity index (χ0n) is 10.8. The Balaban J connectivity index is 1.80. The number of rotatable bonds is 3. The molecular weight excluding hydrogens is 334 g/mol. The number of pyridine rings is 1. The first kappa shape index (κ1) is 13.4. The normalized spacial score (nSPS) is 10.3. The molecule has 1 aromatic carbocycles. The van der Waals surface area contributed by atoms with Gasteiger partial charge in [0.05, 0.1) is 17.6 Å². The average molecular weight is 344 g/mol. The lowest BCUT2D eigenvalue weighted by Crippen LogP contribution is -2.13. The van der Waals surface area contributed by atoms with Gasteiger partial charge in [0.25, 0.3) is 5.91 Å². The summed E-state index contributed by atoms with van der Waals surface area (Å²) in [5.41, 5.74) is 1.60. The zero-order chi connectivity index (χ0) is 14.7. The van der Waals surface area contributed by atoms with E-state index in [4.69, 9.17) is 0 Å². The number of aromatic nitrogens is 4. The van der Waals surface area contributed by atoms with Gasteiger partial charge in [-0.15, -0.1) is 5.10 Å². The number of anilines is 1. The Morgan fingerprint density at radius 2 is 1.95 bits per heavy atom. The van der Waals surface area contributed by atoms with E-state index in [0.29, 0.717) is 10.3 Å². The summed E-state index contributed by atoms with van der Waals surface area (Å²) in [6.07, 6.45) is 3.05. The standard InChI is InChI=1S/C14H10BrN5O/c15-13-11(7-4-8-16-13)18-14(21)12-9-17-20(19-12)10-5-2-1-3-6-10/h1-9H,(H,18,21). The smallest absolute Gasteiger partial charge is 0.277 e. The molecule has 0 aliphatic carbocycles. The fourth-order valence-electron chi connectivity index (χ4n) is 1.72. The first-order chi connectivity index (χ1) is 10.2. The molecule has 6 nitrogen and oxygen atoms in total. The van der Waals surface area contributed by atoms with Crippen LogP contribution in [0, 0.1) is 0 Å². The molecule has 3 rings (SSSR count). The molecule has 0 saturated heterocycles. The van der Waals surface area contributed by atoms with Crippen LogP contribution in [0.25, 0.3) is 5.69 Å². The van der Waals surface area contributed by atoms with Crippen LogP contribution in [0.5, 0.6) is 0 Å². The summed E-state index contributed by atoms with van der Waals surface area (Å²) in [5, 5.41) is 11.0. The molecule has 1 N–H and O–H groups in total. The van der Waals surface area contributed by atoms with Crippen LogP contribution < -0.4 is 5.32 Å². The van der Waals surface area contributed by atoms with Crippen LogP contribution in [0.4, 0.5) is 5.69 Å². The molecular formula is C14H10BrN5O. The summed E-state index contributed by atoms with van der Waals surface area (Å²) in [4.78, 5) is 17.6. The van der Waals surface area contributed by atoms with Crippen LogP contribution in [0.15, 0.2) is 59.5 Å². The highest BCUT2D eigenvalue weighted by Crippen LogP contribution is 2.18. The van der Waals surface area contributed by atoms with Gasteiger partial charge in [0, 0.05) is 6.20 Å². The lowest BCUT2D eigenvalue weighted by molar-refractivity contribution is 0.102. The van der Waals surface area contributed by atoms with Crippen molar-refractivity contribution < 1.29 is 4.79 Å². The summed E-state index contributed by atoms with van der Waals surface area (Å²) in [6.45, 7) is 0. The largest absolute Gasteiger partial charge is 0.318 e. The summed E-state index contributed by atoms with van der Waals surface area (Å²) in [6, 6.07) is 12.9. The Morgan fingerprint density at radius 1 is 1.14 bits per heavy atom. The van der Waals surface area contributed by atoms with Gasteiger partial charge in [0.2, 0.25) is 0 Å². The molecule has 7 heteroatoms. The molecule has 0 spiro atoms. The first-order valence-electron chi connectivity index (χ1n) is 6.14. The second kappa shape index (κ2) is 5.84. The quantitative estimate of drug-likeness (QED) is 0.742. The van der Waals surface area contributed by atoms with Gasteiger partial charge in [-0.3, -0.25) is 4.79 Å². The maximum atomic E-state index is 12.1. The highest BCUT2D eigenvalue weighted by Gasteiger charge is 2.13. The van der Waals surface area contributed by atoms with Crippen molar-refractivity contribution in [2.24, 2.45) is 0 Å². The molecule has 104 valence electrons. The van der Waals surface area contributed by atoms with Gasteiger partial charge in [-0.25, -0.2) is 4.98 Å². The third-order valence-corrected chi connectivity index (χ3v) is 3.35. The van der Waals surface area contributed by atoms with E-state index in [9.17, 15) is 4.79 Å². The summed E-state index contributed by atoms with van der Waals surface area (Å²) in [7, 11) is 0. The van der Waals surface area contributed by atoms with Crippen LogP contribution in [0.3, 0.4) is 0 Å². The highest BCUT2D eigenvalue weighted by atomic mass is 79.9. The third-order valence-electron chi connectivity index (χ3n) is 2.72. The van der Waals surface area contributed by atoms with Crippen molar-refractivity contribution in [3.63, 3.8) is 0 Å². The van der Waals surface area contributed by atoms with Crippen molar-refractivity contribution >= 4 is 27.5 Å². The molecule has 0 fully saturated rings. The van der Waals surface area contributed by atoms with Gasteiger partial charge < -0.3 is 5.32 Å². The van der Waals surface area contributed by atoms with E-state index in [2.05, 4.69) is 36.4 Å². The van der Waals surface area contributed by atoms with Crippen LogP contribution in [-0.4, -0.2) is 25.9 Å². The molecule has 1 amide bonds. The molecule has 0 saturated carbocycles. The van der Waals surface area contributed by atoms with Crippen LogP contribution in [0.1, 0.15) is 10.5 Å². The third kappa shape index (κ3) is 2.97. The average Bonchev–Trinajstić information content (AvgIpc) is 3.00. The Kier molecular flexibility index (Phi) is 3.74. The topological polar surface area (TPSA) is 72.7 Å². The van der Waals surface area contributed by atoms with Crippen molar-refractivity contribution in [1.82, 2.24) is 20.0 Å². The van der Waals surface area contributed by atoms with Gasteiger partial charge >= 0.3 is 0 Å². The number of carbonyl (C=O) groups excluding carboxylic acids is 1. The van der Waals surface area contributed by atoms with E-state index in [-0.39, 0.29) is 11.6 Å². The van der Waals surface area contributed by atoms with Gasteiger partial charge in [-0.05, 0) is 40.2 Å². The van der Waals surface area contributed by atoms with Crippen LogP contribution in [-0.2, 0) is 0 Å². The molecule has 0 bridgehead atoms. The van der Waals surface area contributed by atoms with E-state index in [1.54, 1.807) is 18.3 Å². The molecule has 0 radical (unpaired) electrons. The number of carbonyl (C=O) groups is 1. The molecule has 21 heavy (non-hydrogen) atoms. The molecule has 0 aliphatic heterocycles. The van der Waals surface area contributed by atoms with Crippen molar-refractivity contribution in [2.75, 3.05) is 5.32 Å². The number of nitrogens with zero attached hydrogens (tertiary/aromatic N) is 4. The van der Waals surface area contributed by atoms with E-state index in [0.717, 1.165) is 5.69 Å². The number of nitrogens with one attached hydrogen (secondary N) is 1. The first-order valence-corrected chi connectivity index (χ1v) is 6.93. The number of hydrogen-bond acceptors (Lipinski definition) is 4. The summed E-state index contributed by atoms with van der Waals surface area (Å²) >= 11 is 3.27. The second-order valence-electron chi connectivity index (χ2n) is 4.15. The van der Waals surface area contributed by atoms with Crippen molar-refractivity contribution in [3.05, 3.63) is 65.2 Å². The molecule has 0 unspecified atom stereocenters. The number of para-hydroxylation sites is 1. The van der Waals surface area contributed by atoms with Crippen molar-refractivity contribution in [2.45, 2.75) is 0 Å². The van der Waals surface area contributed by atoms with Crippen LogP contribution in [0.2, 0.25) is 0 Å². The minimum Gasteiger partial charge on any atom is -0.318 e. The predicted octanol–water partition coefficient (Wildman–Crippen LogP) is 2.68. The Hall–Kier alpha value is -2.54. The van der Waals surface area contributed by atoms with Crippen LogP contribution >= 0.6 is 15.9 Å². The van der Waals surface area contributed by atoms with Crippen molar-refractivity contribution in [1.29, 1.82) is 0 Å². The fraction of sp³-hybridized carbons (Fsp3) is 0. The predicted molar refractivity (Wildman–Crippen MR) is 81.2 cm³/mol. The monoisotopic (exact) mass is 343 g/mol. The van der Waals surface area contributed by atoms with Crippen molar-refractivity contribution in [3.8, 4) is 5.69 Å². The minimum absolute atomic E-state index is 0.231. The number of benzene rings is 1. The van der Waals surface area contributed by atoms with Gasteiger partial charge in [-0.2, -0.15) is 9.90 Å². The van der Waals surface area contributed by atoms with E-state index in [1.165, 1.54) is 11.0 Å². The molecule has 3 aromatic rings. The maximum absolute atomic E-state index is 12.1. The lowest BCUT2D eigenvalue weighted by Gasteiger charge is -2.03. The van der Waals surface area contributed by atoms with Gasteiger partial charge in [-0.1, -0.05) is 18.2 Å². The van der Waals surface area contributed by atoms with E-state index >= 15 is 0 Å². The molecule has 0 atom stereocenters. The summed E-state index contributed by atoms with van der Waals surface area (Å²) < 4.78 is 0.564. The van der Waals surface area contributed by atoms with E-state index < -0.39 is 0 Å². The SMILES string of the molecule is O=C(Nc1cccnc1Br)c1cnn(-c2ccccc2)n1. The molecule has 0 aliphatic rings. The van der Waals surface area contributed by atoms with E-state index in [1.807, 2.05) is 30.3 Å². The lowest BCUT2D eigenvalue weighted by atomic mass is 10.3. The Morgan fingerprint density at radius 3 is 2.71 bits per heavy atom. The summed E-state index contributed by atoms with van der Waals surface area (Å²) in [5.74, 6) is -0.342. The zero-order valence-corrected chi connectivity index (χ0v) is 12.4. The maximum Gasteiger partial charge on any atom is 0.277 e. The minimum atomic E-state index is -0.342. The second-order valence-corrected chi connectivity index (χ2v) is 4.90. The number of halogens is 1. The fourth-order valence-corrected chi connectivity index (χ4v) is 2.07. The Labute approximate surface area is 129 Å². The molecule has 2 aromatic heterocycles. The Bertz CT molecular complexity index is 772. The number of hydrogen-bond donors (Lipinski definition) is 1. The highest BCUT2D eigenvalue weighted by molar-refractivity contribution is 9.10. The number of amides is 1. The van der Waals surface area contributed by atoms with Gasteiger partial charge in [0.1, 0.15) is 4.60 Å². The van der Waals surface area contributed by atoms with Gasteiger partial charge in [0.15, 0.2) is 5.69 Å².